The summed E-state index contributed by atoms with van der Waals surface area (Å²) in [5, 5.41) is 9.47. The summed E-state index contributed by atoms with van der Waals surface area (Å²) in [5.41, 5.74) is 6.18. The van der Waals surface area contributed by atoms with Gasteiger partial charge in [-0.3, -0.25) is 0 Å². The molecule has 0 aliphatic carbocycles. The Hall–Kier alpha value is -0.710. The van der Waals surface area contributed by atoms with Crippen LogP contribution in [-0.4, -0.2) is 17.6 Å². The Kier molecular flexibility index (Phi) is 2.44. The first-order valence-corrected chi connectivity index (χ1v) is 5.07. The van der Waals surface area contributed by atoms with Gasteiger partial charge < -0.3 is 15.6 Å². The molecule has 4 heteroatoms. The molecule has 1 unspecified atom stereocenters. The average molecular weight is 197 g/mol. The number of rotatable bonds is 2. The van der Waals surface area contributed by atoms with Crippen molar-refractivity contribution in [1.29, 1.82) is 0 Å². The van der Waals surface area contributed by atoms with Gasteiger partial charge in [0.05, 0.1) is 11.0 Å². The Morgan fingerprint density at radius 2 is 2.46 bits per heavy atom. The summed E-state index contributed by atoms with van der Waals surface area (Å²) in [6.45, 7) is 0.242. The lowest BCUT2D eigenvalue weighted by molar-refractivity contribution is 0.186. The van der Waals surface area contributed by atoms with E-state index in [0.29, 0.717) is 5.94 Å². The summed E-state index contributed by atoms with van der Waals surface area (Å²) in [7, 11) is 0. The molecule has 13 heavy (non-hydrogen) atoms. The number of ether oxygens (including phenoxy) is 1. The van der Waals surface area contributed by atoms with Crippen molar-refractivity contribution in [3.63, 3.8) is 0 Å². The van der Waals surface area contributed by atoms with Crippen LogP contribution in [0, 0.1) is 0 Å². The smallest absolute Gasteiger partial charge is 0.138 e. The lowest BCUT2D eigenvalue weighted by Crippen LogP contribution is -2.11. The molecule has 1 atom stereocenters. The van der Waals surface area contributed by atoms with Crippen molar-refractivity contribution in [3.8, 4) is 5.75 Å². The van der Waals surface area contributed by atoms with E-state index in [1.54, 1.807) is 11.8 Å². The zero-order chi connectivity index (χ0) is 9.26. The molecule has 3 N–H and O–H groups in total. The van der Waals surface area contributed by atoms with Crippen molar-refractivity contribution in [1.82, 2.24) is 0 Å². The van der Waals surface area contributed by atoms with Crippen LogP contribution in [0.25, 0.3) is 0 Å². The maximum Gasteiger partial charge on any atom is 0.138 e. The van der Waals surface area contributed by atoms with E-state index < -0.39 is 6.10 Å². The third-order valence-corrected chi connectivity index (χ3v) is 2.89. The maximum atomic E-state index is 9.47. The highest BCUT2D eigenvalue weighted by atomic mass is 32.2. The van der Waals surface area contributed by atoms with E-state index in [1.807, 2.05) is 18.2 Å². The van der Waals surface area contributed by atoms with E-state index in [-0.39, 0.29) is 6.54 Å². The van der Waals surface area contributed by atoms with Crippen molar-refractivity contribution in [3.05, 3.63) is 23.8 Å². The van der Waals surface area contributed by atoms with Crippen LogP contribution in [0.5, 0.6) is 5.75 Å². The first kappa shape index (κ1) is 8.87. The van der Waals surface area contributed by atoms with Crippen LogP contribution in [-0.2, 0) is 0 Å². The van der Waals surface area contributed by atoms with Crippen molar-refractivity contribution >= 4 is 11.8 Å². The number of hydrogen-bond donors (Lipinski definition) is 2. The van der Waals surface area contributed by atoms with Gasteiger partial charge in [0, 0.05) is 6.54 Å². The minimum Gasteiger partial charge on any atom is -0.481 e. The molecule has 2 rings (SSSR count). The van der Waals surface area contributed by atoms with Crippen LogP contribution in [0.4, 0.5) is 0 Å². The second-order valence-electron chi connectivity index (χ2n) is 2.86. The molecule has 1 aromatic rings. The van der Waals surface area contributed by atoms with Gasteiger partial charge in [-0.2, -0.15) is 0 Å². The second kappa shape index (κ2) is 3.57. The normalized spacial score (nSPS) is 16.5. The third kappa shape index (κ3) is 1.65. The minimum absolute atomic E-state index is 0.242. The third-order valence-electron chi connectivity index (χ3n) is 2.00. The van der Waals surface area contributed by atoms with Gasteiger partial charge >= 0.3 is 0 Å². The fraction of sp³-hybridized carbons (Fsp3) is 0.333. The van der Waals surface area contributed by atoms with Gasteiger partial charge in [0.1, 0.15) is 11.7 Å². The van der Waals surface area contributed by atoms with E-state index in [1.165, 1.54) is 0 Å². The summed E-state index contributed by atoms with van der Waals surface area (Å²) in [6.07, 6.45) is -0.584. The number of fused-ring (bicyclic) bond motifs is 1. The van der Waals surface area contributed by atoms with E-state index in [2.05, 4.69) is 0 Å². The Bertz CT molecular complexity index is 316. The van der Waals surface area contributed by atoms with Crippen LogP contribution in [0.15, 0.2) is 23.1 Å². The maximum absolute atomic E-state index is 9.47. The Balaban J connectivity index is 2.30. The van der Waals surface area contributed by atoms with Crippen LogP contribution in [0.2, 0.25) is 0 Å². The van der Waals surface area contributed by atoms with Crippen LogP contribution in [0.3, 0.4) is 0 Å². The highest BCUT2D eigenvalue weighted by molar-refractivity contribution is 7.99. The fourth-order valence-electron chi connectivity index (χ4n) is 1.26. The molecule has 0 spiro atoms. The Labute approximate surface area is 80.9 Å². The molecule has 0 fully saturated rings. The lowest BCUT2D eigenvalue weighted by atomic mass is 10.1. The average Bonchev–Trinajstić information content (AvgIpc) is 2.63. The highest BCUT2D eigenvalue weighted by Crippen LogP contribution is 2.37. The van der Waals surface area contributed by atoms with Gasteiger partial charge in [-0.05, 0) is 17.7 Å². The molecule has 1 aliphatic heterocycles. The number of aliphatic hydroxyl groups is 1. The predicted octanol–water partition coefficient (Wildman–Crippen LogP) is 1.12. The summed E-state index contributed by atoms with van der Waals surface area (Å²) >= 11 is 1.66. The van der Waals surface area contributed by atoms with Gasteiger partial charge in [-0.15, -0.1) is 0 Å². The highest BCUT2D eigenvalue weighted by Gasteiger charge is 2.14. The number of aliphatic hydroxyl groups excluding tert-OH is 1. The number of thioether (sulfide) groups is 1. The first-order chi connectivity index (χ1) is 6.31. The standard InChI is InChI=1S/C9H11NO2S/c10-4-7(11)6-1-2-9-8(3-6)12-5-13-9/h1-3,7,11H,4-5,10H2. The summed E-state index contributed by atoms with van der Waals surface area (Å²) in [5.74, 6) is 1.52. The quantitative estimate of drug-likeness (QED) is 0.746. The molecule has 1 aromatic carbocycles. The van der Waals surface area contributed by atoms with Gasteiger partial charge in [0.25, 0.3) is 0 Å². The van der Waals surface area contributed by atoms with Gasteiger partial charge in [-0.1, -0.05) is 17.8 Å². The van der Waals surface area contributed by atoms with E-state index in [9.17, 15) is 5.11 Å². The molecule has 0 amide bonds. The van der Waals surface area contributed by atoms with Crippen LogP contribution >= 0.6 is 11.8 Å². The van der Waals surface area contributed by atoms with Gasteiger partial charge in [-0.25, -0.2) is 0 Å². The second-order valence-corrected chi connectivity index (χ2v) is 3.83. The first-order valence-electron chi connectivity index (χ1n) is 4.09. The molecular weight excluding hydrogens is 186 g/mol. The molecule has 1 heterocycles. The van der Waals surface area contributed by atoms with Gasteiger partial charge in [0.2, 0.25) is 0 Å². The predicted molar refractivity (Wildman–Crippen MR) is 51.8 cm³/mol. The topological polar surface area (TPSA) is 55.5 Å². The zero-order valence-corrected chi connectivity index (χ0v) is 7.88. The molecular formula is C9H11NO2S. The summed E-state index contributed by atoms with van der Waals surface area (Å²) in [6, 6.07) is 5.70. The Morgan fingerprint density at radius 3 is 3.23 bits per heavy atom. The molecule has 0 radical (unpaired) electrons. The van der Waals surface area contributed by atoms with Crippen molar-refractivity contribution in [2.45, 2.75) is 11.0 Å². The molecule has 0 aromatic heterocycles. The molecule has 1 aliphatic rings. The number of benzene rings is 1. The molecule has 0 saturated carbocycles. The molecule has 0 bridgehead atoms. The zero-order valence-electron chi connectivity index (χ0n) is 7.06. The monoisotopic (exact) mass is 197 g/mol. The van der Waals surface area contributed by atoms with Crippen LogP contribution in [0.1, 0.15) is 11.7 Å². The lowest BCUT2D eigenvalue weighted by Gasteiger charge is -2.08. The Morgan fingerprint density at radius 1 is 1.62 bits per heavy atom. The largest absolute Gasteiger partial charge is 0.481 e. The fourth-order valence-corrected chi connectivity index (χ4v) is 1.99. The van der Waals surface area contributed by atoms with Gasteiger partial charge in [0.15, 0.2) is 0 Å². The van der Waals surface area contributed by atoms with Crippen molar-refractivity contribution in [2.24, 2.45) is 5.73 Å². The minimum atomic E-state index is -0.584. The summed E-state index contributed by atoms with van der Waals surface area (Å²) < 4.78 is 5.34. The number of hydrogen-bond acceptors (Lipinski definition) is 4. The molecule has 0 saturated heterocycles. The van der Waals surface area contributed by atoms with Crippen LogP contribution < -0.4 is 10.5 Å². The van der Waals surface area contributed by atoms with E-state index in [4.69, 9.17) is 10.5 Å². The number of nitrogens with two attached hydrogens (primary N) is 1. The molecule has 70 valence electrons. The summed E-state index contributed by atoms with van der Waals surface area (Å²) in [4.78, 5) is 1.13. The SMILES string of the molecule is NCC(O)c1ccc2c(c1)OCS2. The van der Waals surface area contributed by atoms with E-state index in [0.717, 1.165) is 16.2 Å². The van der Waals surface area contributed by atoms with E-state index >= 15 is 0 Å². The molecule has 3 nitrogen and oxygen atoms in total. The van der Waals surface area contributed by atoms with Crippen molar-refractivity contribution in [2.75, 3.05) is 12.5 Å². The van der Waals surface area contributed by atoms with Crippen molar-refractivity contribution < 1.29 is 9.84 Å².